The van der Waals surface area contributed by atoms with Gasteiger partial charge in [0, 0.05) is 0 Å². The number of aliphatic hydroxyl groups excluding tert-OH is 2. The first-order valence-electron chi connectivity index (χ1n) is 1.90. The fourth-order valence-corrected chi connectivity index (χ4v) is 0.148. The summed E-state index contributed by atoms with van der Waals surface area (Å²) in [5.41, 5.74) is 4.95. The average Bonchev–Trinajstić information content (AvgIpc) is 1.68. The topological polar surface area (TPSA) is 75.7 Å². The summed E-state index contributed by atoms with van der Waals surface area (Å²) in [6.45, 7) is -0.706. The van der Waals surface area contributed by atoms with Crippen molar-refractivity contribution >= 4 is 0 Å². The molecule has 0 rings (SSSR count). The van der Waals surface area contributed by atoms with E-state index in [0.717, 1.165) is 0 Å². The van der Waals surface area contributed by atoms with Crippen molar-refractivity contribution in [2.75, 3.05) is 13.4 Å². The van der Waals surface area contributed by atoms with Crippen LogP contribution in [-0.2, 0) is 4.74 Å². The van der Waals surface area contributed by atoms with Crippen LogP contribution in [0.25, 0.3) is 0 Å². The summed E-state index contributed by atoms with van der Waals surface area (Å²) in [4.78, 5) is 0. The molecule has 0 aliphatic carbocycles. The minimum absolute atomic E-state index is 0.263. The average molecular weight is 107 g/mol. The number of ether oxygens (including phenoxy) is 1. The molecule has 0 saturated carbocycles. The van der Waals surface area contributed by atoms with E-state index in [4.69, 9.17) is 15.9 Å². The van der Waals surface area contributed by atoms with Gasteiger partial charge in [0.2, 0.25) is 0 Å². The van der Waals surface area contributed by atoms with Gasteiger partial charge in [0.1, 0.15) is 13.0 Å². The number of aliphatic hydroxyl groups is 2. The number of hydrogen-bond donors (Lipinski definition) is 3. The zero-order valence-electron chi connectivity index (χ0n) is 3.87. The number of rotatable bonds is 3. The van der Waals surface area contributed by atoms with Gasteiger partial charge in [-0.2, -0.15) is 0 Å². The zero-order valence-corrected chi connectivity index (χ0v) is 3.87. The highest BCUT2D eigenvalue weighted by Gasteiger charge is 1.94. The Morgan fingerprint density at radius 3 is 2.29 bits per heavy atom. The molecule has 0 radical (unpaired) electrons. The third kappa shape index (κ3) is 3.68. The molecular weight excluding hydrogens is 98.0 g/mol. The van der Waals surface area contributed by atoms with Crippen LogP contribution in [0.2, 0.25) is 0 Å². The van der Waals surface area contributed by atoms with Gasteiger partial charge in [0.25, 0.3) is 0 Å². The predicted molar refractivity (Wildman–Crippen MR) is 23.2 cm³/mol. The lowest BCUT2D eigenvalue weighted by Gasteiger charge is -2.04. The van der Waals surface area contributed by atoms with E-state index >= 15 is 0 Å². The lowest BCUT2D eigenvalue weighted by Crippen LogP contribution is -2.27. The molecule has 44 valence electrons. The van der Waals surface area contributed by atoms with Crippen molar-refractivity contribution in [3.8, 4) is 0 Å². The lowest BCUT2D eigenvalue weighted by molar-refractivity contribution is -0.0658. The quantitative estimate of drug-likeness (QED) is 0.373. The standard InChI is InChI=1S/C3H9NO3/c4-3(1-5)7-2-6/h3,5-6H,1-2,4H2/t3-/m1/s1. The van der Waals surface area contributed by atoms with Gasteiger partial charge in [-0.25, -0.2) is 0 Å². The second-order valence-electron chi connectivity index (χ2n) is 1.02. The molecule has 0 saturated heterocycles. The van der Waals surface area contributed by atoms with Crippen LogP contribution in [0.1, 0.15) is 0 Å². The van der Waals surface area contributed by atoms with E-state index in [1.165, 1.54) is 0 Å². The Bertz CT molecular complexity index is 41.2. The van der Waals surface area contributed by atoms with Crippen LogP contribution in [-0.4, -0.2) is 29.8 Å². The summed E-state index contributed by atoms with van der Waals surface area (Å²) in [7, 11) is 0. The molecule has 0 amide bonds. The van der Waals surface area contributed by atoms with E-state index in [9.17, 15) is 0 Å². The Morgan fingerprint density at radius 1 is 1.57 bits per heavy atom. The van der Waals surface area contributed by atoms with E-state index < -0.39 is 13.0 Å². The molecule has 0 aromatic carbocycles. The first kappa shape index (κ1) is 6.84. The van der Waals surface area contributed by atoms with E-state index in [1.807, 2.05) is 0 Å². The molecular formula is C3H9NO3. The Labute approximate surface area is 41.5 Å². The lowest BCUT2D eigenvalue weighted by atomic mass is 10.6. The second kappa shape index (κ2) is 4.01. The van der Waals surface area contributed by atoms with E-state index in [0.29, 0.717) is 0 Å². The predicted octanol–water partition coefficient (Wildman–Crippen LogP) is -1.77. The van der Waals surface area contributed by atoms with Crippen molar-refractivity contribution in [3.63, 3.8) is 0 Å². The molecule has 0 aliphatic rings. The SMILES string of the molecule is N[C@@H](CO)OCO. The van der Waals surface area contributed by atoms with Crippen molar-refractivity contribution in [3.05, 3.63) is 0 Å². The third-order valence-corrected chi connectivity index (χ3v) is 0.469. The minimum atomic E-state index is -0.745. The van der Waals surface area contributed by atoms with Gasteiger partial charge >= 0.3 is 0 Å². The molecule has 0 aliphatic heterocycles. The van der Waals surface area contributed by atoms with Gasteiger partial charge in [-0.05, 0) is 0 Å². The summed E-state index contributed by atoms with van der Waals surface area (Å²) < 4.78 is 4.27. The Hall–Kier alpha value is -0.160. The third-order valence-electron chi connectivity index (χ3n) is 0.469. The molecule has 0 spiro atoms. The summed E-state index contributed by atoms with van der Waals surface area (Å²) in [5.74, 6) is 0. The molecule has 4 N–H and O–H groups in total. The summed E-state index contributed by atoms with van der Waals surface area (Å²) in [6, 6.07) is 0. The van der Waals surface area contributed by atoms with E-state index in [-0.39, 0.29) is 6.61 Å². The largest absolute Gasteiger partial charge is 0.392 e. The second-order valence-corrected chi connectivity index (χ2v) is 1.02. The highest BCUT2D eigenvalue weighted by molar-refractivity contribution is 4.36. The van der Waals surface area contributed by atoms with Gasteiger partial charge < -0.3 is 20.7 Å². The van der Waals surface area contributed by atoms with Gasteiger partial charge in [-0.1, -0.05) is 0 Å². The number of nitrogens with two attached hydrogens (primary N) is 1. The van der Waals surface area contributed by atoms with Crippen molar-refractivity contribution in [2.24, 2.45) is 5.73 Å². The Balaban J connectivity index is 2.83. The summed E-state index contributed by atoms with van der Waals surface area (Å²) in [6.07, 6.45) is -0.745. The molecule has 1 atom stereocenters. The highest BCUT2D eigenvalue weighted by atomic mass is 16.6. The number of hydrogen-bond acceptors (Lipinski definition) is 4. The minimum Gasteiger partial charge on any atom is -0.392 e. The molecule has 0 aromatic heterocycles. The normalized spacial score (nSPS) is 14.1. The molecule has 4 heteroatoms. The molecule has 0 bridgehead atoms. The maximum Gasteiger partial charge on any atom is 0.145 e. The van der Waals surface area contributed by atoms with Crippen molar-refractivity contribution < 1.29 is 14.9 Å². The zero-order chi connectivity index (χ0) is 5.70. The smallest absolute Gasteiger partial charge is 0.145 e. The molecule has 0 fully saturated rings. The first-order chi connectivity index (χ1) is 3.31. The fourth-order valence-electron chi connectivity index (χ4n) is 0.148. The van der Waals surface area contributed by atoms with Gasteiger partial charge in [0.15, 0.2) is 0 Å². The van der Waals surface area contributed by atoms with Crippen LogP contribution >= 0.6 is 0 Å². The van der Waals surface area contributed by atoms with Crippen LogP contribution in [0.15, 0.2) is 0 Å². The van der Waals surface area contributed by atoms with Crippen LogP contribution in [0.5, 0.6) is 0 Å². The molecule has 0 unspecified atom stereocenters. The molecule has 0 heterocycles. The van der Waals surface area contributed by atoms with E-state index in [1.54, 1.807) is 0 Å². The van der Waals surface area contributed by atoms with Crippen LogP contribution in [0.3, 0.4) is 0 Å². The maximum absolute atomic E-state index is 8.10. The van der Waals surface area contributed by atoms with Gasteiger partial charge in [-0.15, -0.1) is 0 Å². The monoisotopic (exact) mass is 107 g/mol. The maximum atomic E-state index is 8.10. The summed E-state index contributed by atoms with van der Waals surface area (Å²) >= 11 is 0. The van der Waals surface area contributed by atoms with E-state index in [2.05, 4.69) is 4.74 Å². The molecule has 4 nitrogen and oxygen atoms in total. The van der Waals surface area contributed by atoms with Crippen LogP contribution in [0.4, 0.5) is 0 Å². The van der Waals surface area contributed by atoms with Crippen LogP contribution in [0, 0.1) is 0 Å². The highest BCUT2D eigenvalue weighted by Crippen LogP contribution is 1.74. The van der Waals surface area contributed by atoms with Crippen molar-refractivity contribution in [1.29, 1.82) is 0 Å². The summed E-state index contributed by atoms with van der Waals surface area (Å²) in [5, 5.41) is 16.1. The Kier molecular flexibility index (Phi) is 3.92. The fraction of sp³-hybridized carbons (Fsp3) is 1.00. The molecule has 7 heavy (non-hydrogen) atoms. The first-order valence-corrected chi connectivity index (χ1v) is 1.90. The van der Waals surface area contributed by atoms with Gasteiger partial charge in [0.05, 0.1) is 6.61 Å². The van der Waals surface area contributed by atoms with Crippen molar-refractivity contribution in [1.82, 2.24) is 0 Å². The van der Waals surface area contributed by atoms with Crippen molar-refractivity contribution in [2.45, 2.75) is 6.23 Å². The van der Waals surface area contributed by atoms with Crippen LogP contribution < -0.4 is 5.73 Å². The Morgan fingerprint density at radius 2 is 2.14 bits per heavy atom. The molecule has 0 aromatic rings. The van der Waals surface area contributed by atoms with Gasteiger partial charge in [-0.3, -0.25) is 0 Å².